The predicted molar refractivity (Wildman–Crippen MR) is 60.7 cm³/mol. The summed E-state index contributed by atoms with van der Waals surface area (Å²) in [4.78, 5) is 20.2. The Morgan fingerprint density at radius 1 is 1.44 bits per heavy atom. The molecule has 0 aliphatic rings. The minimum Gasteiger partial charge on any atom is -0.479 e. The molecule has 0 amide bonds. The molecule has 0 bridgehead atoms. The van der Waals surface area contributed by atoms with Gasteiger partial charge in [0.2, 0.25) is 11.7 Å². The first kappa shape index (κ1) is 12.6. The minimum atomic E-state index is -0.669. The van der Waals surface area contributed by atoms with E-state index >= 15 is 0 Å². The fourth-order valence-electron chi connectivity index (χ4n) is 1.45. The van der Waals surface area contributed by atoms with E-state index in [2.05, 4.69) is 15.3 Å². The summed E-state index contributed by atoms with van der Waals surface area (Å²) in [5, 5.41) is 3.10. The van der Waals surface area contributed by atoms with Crippen LogP contribution in [0.4, 0.5) is 0 Å². The second kappa shape index (κ2) is 5.03. The Morgan fingerprint density at radius 2 is 2.06 bits per heavy atom. The monoisotopic (exact) mass is 223 g/mol. The molecule has 5 nitrogen and oxygen atoms in total. The van der Waals surface area contributed by atoms with Crippen LogP contribution < -0.4 is 10.1 Å². The molecule has 1 heterocycles. The summed E-state index contributed by atoms with van der Waals surface area (Å²) in [7, 11) is 1.47. The first-order chi connectivity index (χ1) is 7.53. The number of nitrogens with zero attached hydrogens (tertiary/aromatic N) is 2. The number of Topliss-reactive ketones (excluding diaryl/α,β-unsaturated/α-hetero) is 1. The van der Waals surface area contributed by atoms with E-state index < -0.39 is 5.54 Å². The fraction of sp³-hybridized carbons (Fsp3) is 0.545. The average molecular weight is 223 g/mol. The maximum atomic E-state index is 12.2. The summed E-state index contributed by atoms with van der Waals surface area (Å²) in [6, 6.07) is 0. The van der Waals surface area contributed by atoms with Crippen molar-refractivity contribution in [3.63, 3.8) is 0 Å². The van der Waals surface area contributed by atoms with Crippen molar-refractivity contribution in [3.05, 3.63) is 18.1 Å². The minimum absolute atomic E-state index is 0.126. The molecule has 1 aromatic heterocycles. The van der Waals surface area contributed by atoms with Gasteiger partial charge in [-0.1, -0.05) is 6.92 Å². The number of carbonyl (C=O) groups is 1. The number of hydrogen-bond donors (Lipinski definition) is 1. The van der Waals surface area contributed by atoms with E-state index in [-0.39, 0.29) is 17.4 Å². The molecule has 0 aromatic carbocycles. The van der Waals surface area contributed by atoms with Crippen LogP contribution in [0.1, 0.15) is 31.3 Å². The molecule has 16 heavy (non-hydrogen) atoms. The van der Waals surface area contributed by atoms with Crippen molar-refractivity contribution in [2.75, 3.05) is 13.7 Å². The van der Waals surface area contributed by atoms with Gasteiger partial charge in [0.15, 0.2) is 5.69 Å². The van der Waals surface area contributed by atoms with Crippen LogP contribution in [-0.4, -0.2) is 34.9 Å². The number of methoxy groups -OCH3 is 1. The Morgan fingerprint density at radius 3 is 2.62 bits per heavy atom. The normalized spacial score (nSPS) is 11.2. The van der Waals surface area contributed by atoms with Crippen molar-refractivity contribution in [2.45, 2.75) is 26.3 Å². The van der Waals surface area contributed by atoms with Crippen LogP contribution in [-0.2, 0) is 0 Å². The summed E-state index contributed by atoms with van der Waals surface area (Å²) in [5.41, 5.74) is -0.408. The SMILES string of the molecule is CCNC(C)(C)C(=O)c1nccnc1OC. The van der Waals surface area contributed by atoms with Crippen molar-refractivity contribution in [1.82, 2.24) is 15.3 Å². The highest BCUT2D eigenvalue weighted by Crippen LogP contribution is 2.17. The predicted octanol–water partition coefficient (Wildman–Crippen LogP) is 1.06. The molecule has 0 atom stereocenters. The summed E-state index contributed by atoms with van der Waals surface area (Å²) in [6.45, 7) is 6.28. The molecular weight excluding hydrogens is 206 g/mol. The van der Waals surface area contributed by atoms with Crippen molar-refractivity contribution >= 4 is 5.78 Å². The number of rotatable bonds is 5. The summed E-state index contributed by atoms with van der Waals surface area (Å²) in [5.74, 6) is 0.137. The first-order valence-corrected chi connectivity index (χ1v) is 5.17. The first-order valence-electron chi connectivity index (χ1n) is 5.17. The van der Waals surface area contributed by atoms with E-state index in [1.807, 2.05) is 20.8 Å². The number of likely N-dealkylation sites (N-methyl/N-ethyl adjacent to an activating group) is 1. The molecule has 1 rings (SSSR count). The number of hydrogen-bond acceptors (Lipinski definition) is 5. The van der Waals surface area contributed by atoms with E-state index in [4.69, 9.17) is 4.74 Å². The van der Waals surface area contributed by atoms with Crippen molar-refractivity contribution in [3.8, 4) is 5.88 Å². The Hall–Kier alpha value is -1.49. The van der Waals surface area contributed by atoms with Gasteiger partial charge in [0.25, 0.3) is 0 Å². The molecule has 0 radical (unpaired) electrons. The molecular formula is C11H17N3O2. The van der Waals surface area contributed by atoms with Crippen LogP contribution in [0.5, 0.6) is 5.88 Å². The van der Waals surface area contributed by atoms with Crippen molar-refractivity contribution in [1.29, 1.82) is 0 Å². The second-order valence-corrected chi connectivity index (χ2v) is 3.90. The lowest BCUT2D eigenvalue weighted by Gasteiger charge is -2.23. The van der Waals surface area contributed by atoms with Crippen molar-refractivity contribution in [2.24, 2.45) is 0 Å². The van der Waals surface area contributed by atoms with Gasteiger partial charge in [-0.3, -0.25) is 4.79 Å². The average Bonchev–Trinajstić information content (AvgIpc) is 2.28. The highest BCUT2D eigenvalue weighted by atomic mass is 16.5. The lowest BCUT2D eigenvalue weighted by atomic mass is 9.96. The van der Waals surface area contributed by atoms with Crippen LogP contribution in [0.2, 0.25) is 0 Å². The molecule has 0 fully saturated rings. The van der Waals surface area contributed by atoms with Crippen LogP contribution in [0, 0.1) is 0 Å². The molecule has 0 aliphatic carbocycles. The molecule has 1 aromatic rings. The Bertz CT molecular complexity index is 377. The third-order valence-corrected chi connectivity index (χ3v) is 2.26. The third-order valence-electron chi connectivity index (χ3n) is 2.26. The summed E-state index contributed by atoms with van der Waals surface area (Å²) in [6.07, 6.45) is 2.98. The summed E-state index contributed by atoms with van der Waals surface area (Å²) >= 11 is 0. The highest BCUT2D eigenvalue weighted by Gasteiger charge is 2.31. The van der Waals surface area contributed by atoms with E-state index in [9.17, 15) is 4.79 Å². The number of carbonyl (C=O) groups excluding carboxylic acids is 1. The molecule has 0 spiro atoms. The Kier molecular flexibility index (Phi) is 3.95. The zero-order chi connectivity index (χ0) is 12.2. The van der Waals surface area contributed by atoms with E-state index in [1.165, 1.54) is 19.5 Å². The number of ketones is 1. The van der Waals surface area contributed by atoms with E-state index in [0.717, 1.165) is 0 Å². The van der Waals surface area contributed by atoms with Crippen LogP contribution in [0.3, 0.4) is 0 Å². The zero-order valence-corrected chi connectivity index (χ0v) is 10.1. The lowest BCUT2D eigenvalue weighted by molar-refractivity contribution is 0.0874. The van der Waals surface area contributed by atoms with Crippen LogP contribution >= 0.6 is 0 Å². The van der Waals surface area contributed by atoms with E-state index in [0.29, 0.717) is 6.54 Å². The maximum Gasteiger partial charge on any atom is 0.243 e. The molecule has 0 saturated heterocycles. The van der Waals surface area contributed by atoms with Gasteiger partial charge >= 0.3 is 0 Å². The molecule has 5 heteroatoms. The lowest BCUT2D eigenvalue weighted by Crippen LogP contribution is -2.47. The quantitative estimate of drug-likeness (QED) is 0.756. The van der Waals surface area contributed by atoms with Gasteiger partial charge in [-0.15, -0.1) is 0 Å². The number of nitrogens with one attached hydrogen (secondary N) is 1. The third kappa shape index (κ3) is 2.55. The van der Waals surface area contributed by atoms with Gasteiger partial charge < -0.3 is 10.1 Å². The Labute approximate surface area is 95.3 Å². The topological polar surface area (TPSA) is 64.1 Å². The maximum absolute atomic E-state index is 12.2. The Balaban J connectivity index is 3.04. The molecule has 0 unspecified atom stereocenters. The summed E-state index contributed by atoms with van der Waals surface area (Å²) < 4.78 is 5.02. The van der Waals surface area contributed by atoms with Crippen LogP contribution in [0.15, 0.2) is 12.4 Å². The smallest absolute Gasteiger partial charge is 0.243 e. The van der Waals surface area contributed by atoms with Gasteiger partial charge in [-0.25, -0.2) is 9.97 Å². The van der Waals surface area contributed by atoms with Crippen LogP contribution in [0.25, 0.3) is 0 Å². The highest BCUT2D eigenvalue weighted by molar-refractivity contribution is 6.02. The molecule has 1 N–H and O–H groups in total. The van der Waals surface area contributed by atoms with Gasteiger partial charge in [0, 0.05) is 12.4 Å². The molecule has 88 valence electrons. The van der Waals surface area contributed by atoms with E-state index in [1.54, 1.807) is 0 Å². The number of aromatic nitrogens is 2. The largest absolute Gasteiger partial charge is 0.479 e. The fourth-order valence-corrected chi connectivity index (χ4v) is 1.45. The van der Waals surface area contributed by atoms with Gasteiger partial charge in [-0.2, -0.15) is 0 Å². The zero-order valence-electron chi connectivity index (χ0n) is 10.1. The molecule has 0 aliphatic heterocycles. The van der Waals surface area contributed by atoms with Gasteiger partial charge in [0.05, 0.1) is 12.6 Å². The standard InChI is InChI=1S/C11H17N3O2/c1-5-14-11(2,3)9(15)8-10(16-4)13-7-6-12-8/h6-7,14H,5H2,1-4H3. The number of ether oxygens (including phenoxy) is 1. The second-order valence-electron chi connectivity index (χ2n) is 3.90. The van der Waals surface area contributed by atoms with Crippen molar-refractivity contribution < 1.29 is 9.53 Å². The van der Waals surface area contributed by atoms with Gasteiger partial charge in [0.1, 0.15) is 0 Å². The van der Waals surface area contributed by atoms with Gasteiger partial charge in [-0.05, 0) is 20.4 Å². The molecule has 0 saturated carbocycles.